The number of rotatable bonds is 6. The van der Waals surface area contributed by atoms with E-state index in [4.69, 9.17) is 0 Å². The second-order valence-electron chi connectivity index (χ2n) is 4.38. The highest BCUT2D eigenvalue weighted by molar-refractivity contribution is 7.92. The predicted octanol–water partition coefficient (Wildman–Crippen LogP) is 2.70. The molecule has 0 bridgehead atoms. The molecule has 3 nitrogen and oxygen atoms in total. The van der Waals surface area contributed by atoms with E-state index in [0.717, 1.165) is 0 Å². The number of nitrogens with one attached hydrogen (secondary N) is 1. The third-order valence-electron chi connectivity index (χ3n) is 2.91. The Bertz CT molecular complexity index is 592. The molecule has 0 saturated heterocycles. The summed E-state index contributed by atoms with van der Waals surface area (Å²) in [4.78, 5) is 1.60. The van der Waals surface area contributed by atoms with E-state index in [0.29, 0.717) is 18.0 Å². The first-order valence-electron chi connectivity index (χ1n) is 6.13. The molecule has 0 saturated carbocycles. The fourth-order valence-electron chi connectivity index (χ4n) is 1.76. The lowest BCUT2D eigenvalue weighted by molar-refractivity contribution is 0.572. The maximum Gasteiger partial charge on any atom is 0.182 e. The van der Waals surface area contributed by atoms with Crippen molar-refractivity contribution in [2.75, 3.05) is 6.54 Å². The van der Waals surface area contributed by atoms with Gasteiger partial charge in [-0.1, -0.05) is 24.3 Å². The molecule has 0 amide bonds. The third kappa shape index (κ3) is 3.65. The Morgan fingerprint density at radius 2 is 1.89 bits per heavy atom. The van der Waals surface area contributed by atoms with Gasteiger partial charge in [0.05, 0.1) is 10.1 Å². The van der Waals surface area contributed by atoms with Crippen molar-refractivity contribution >= 4 is 21.2 Å². The summed E-state index contributed by atoms with van der Waals surface area (Å²) in [6.45, 7) is 2.91. The molecule has 19 heavy (non-hydrogen) atoms. The smallest absolute Gasteiger partial charge is 0.182 e. The molecule has 0 aliphatic carbocycles. The van der Waals surface area contributed by atoms with E-state index in [1.165, 1.54) is 4.88 Å². The molecule has 1 aromatic heterocycles. The molecular weight excluding hydrogens is 278 g/mol. The van der Waals surface area contributed by atoms with E-state index in [1.54, 1.807) is 42.5 Å². The summed E-state index contributed by atoms with van der Waals surface area (Å²) in [5.74, 6) is 0. The Balaban J connectivity index is 1.94. The number of hydrogen-bond donors (Lipinski definition) is 1. The largest absolute Gasteiger partial charge is 0.311 e. The third-order valence-corrected chi connectivity index (χ3v) is 5.94. The lowest BCUT2D eigenvalue weighted by Crippen LogP contribution is -2.30. The number of sulfone groups is 1. The van der Waals surface area contributed by atoms with Gasteiger partial charge in [-0.3, -0.25) is 0 Å². The average molecular weight is 295 g/mol. The van der Waals surface area contributed by atoms with Gasteiger partial charge in [0, 0.05) is 18.0 Å². The molecular formula is C14H17NO2S2. The topological polar surface area (TPSA) is 46.2 Å². The lowest BCUT2D eigenvalue weighted by Gasteiger charge is -2.13. The molecule has 5 heteroatoms. The van der Waals surface area contributed by atoms with Crippen molar-refractivity contribution in [1.82, 2.24) is 5.32 Å². The van der Waals surface area contributed by atoms with Crippen molar-refractivity contribution in [2.24, 2.45) is 0 Å². The average Bonchev–Trinajstić information content (AvgIpc) is 2.93. The SMILES string of the molecule is CC(CNCc1cccs1)S(=O)(=O)c1ccccc1. The van der Waals surface area contributed by atoms with Crippen LogP contribution in [0.25, 0.3) is 0 Å². The highest BCUT2D eigenvalue weighted by Crippen LogP contribution is 2.15. The van der Waals surface area contributed by atoms with E-state index in [2.05, 4.69) is 5.32 Å². The van der Waals surface area contributed by atoms with Crippen molar-refractivity contribution in [1.29, 1.82) is 0 Å². The molecule has 1 N–H and O–H groups in total. The van der Waals surface area contributed by atoms with Crippen LogP contribution in [0.5, 0.6) is 0 Å². The minimum atomic E-state index is -3.24. The van der Waals surface area contributed by atoms with Crippen LogP contribution < -0.4 is 5.32 Å². The summed E-state index contributed by atoms with van der Waals surface area (Å²) in [6, 6.07) is 12.6. The van der Waals surface area contributed by atoms with Crippen molar-refractivity contribution in [3.8, 4) is 0 Å². The molecule has 1 unspecified atom stereocenters. The molecule has 1 atom stereocenters. The van der Waals surface area contributed by atoms with E-state index in [1.807, 2.05) is 23.6 Å². The summed E-state index contributed by atoms with van der Waals surface area (Å²) >= 11 is 1.67. The standard InChI is InChI=1S/C14H17NO2S2/c1-12(10-15-11-13-6-5-9-18-13)19(16,17)14-7-3-2-4-8-14/h2-9,12,15H,10-11H2,1H3. The molecule has 2 aromatic rings. The summed E-state index contributed by atoms with van der Waals surface area (Å²) in [5.41, 5.74) is 0. The van der Waals surface area contributed by atoms with Crippen molar-refractivity contribution in [3.05, 3.63) is 52.7 Å². The van der Waals surface area contributed by atoms with E-state index in [9.17, 15) is 8.42 Å². The van der Waals surface area contributed by atoms with Gasteiger partial charge >= 0.3 is 0 Å². The molecule has 1 aromatic carbocycles. The zero-order chi connectivity index (χ0) is 13.7. The van der Waals surface area contributed by atoms with E-state index < -0.39 is 15.1 Å². The minimum absolute atomic E-state index is 0.389. The van der Waals surface area contributed by atoms with Crippen molar-refractivity contribution in [3.63, 3.8) is 0 Å². The van der Waals surface area contributed by atoms with Crippen molar-refractivity contribution in [2.45, 2.75) is 23.6 Å². The first-order chi connectivity index (χ1) is 9.10. The van der Waals surface area contributed by atoms with Gasteiger partial charge in [0.15, 0.2) is 9.84 Å². The van der Waals surface area contributed by atoms with Gasteiger partial charge in [0.25, 0.3) is 0 Å². The van der Waals surface area contributed by atoms with Crippen molar-refractivity contribution < 1.29 is 8.42 Å². The quantitative estimate of drug-likeness (QED) is 0.891. The molecule has 2 rings (SSSR count). The fraction of sp³-hybridized carbons (Fsp3) is 0.286. The zero-order valence-corrected chi connectivity index (χ0v) is 12.4. The summed E-state index contributed by atoms with van der Waals surface area (Å²) in [5, 5.41) is 4.77. The van der Waals surface area contributed by atoms with Crippen LogP contribution in [-0.4, -0.2) is 20.2 Å². The van der Waals surface area contributed by atoms with Crippen LogP contribution in [0.15, 0.2) is 52.7 Å². The fourth-order valence-corrected chi connectivity index (χ4v) is 3.78. The Hall–Kier alpha value is -1.17. The Kier molecular flexibility index (Phi) is 4.74. The van der Waals surface area contributed by atoms with Gasteiger partial charge in [0.1, 0.15) is 0 Å². The highest BCUT2D eigenvalue weighted by Gasteiger charge is 2.22. The number of benzene rings is 1. The number of thiophene rings is 1. The van der Waals surface area contributed by atoms with Gasteiger partial charge in [0.2, 0.25) is 0 Å². The monoisotopic (exact) mass is 295 g/mol. The Morgan fingerprint density at radius 1 is 1.16 bits per heavy atom. The van der Waals surface area contributed by atoms with Gasteiger partial charge in [-0.2, -0.15) is 0 Å². The van der Waals surface area contributed by atoms with Crippen LogP contribution in [0.2, 0.25) is 0 Å². The molecule has 102 valence electrons. The van der Waals surface area contributed by atoms with Gasteiger partial charge in [-0.05, 0) is 30.5 Å². The van der Waals surface area contributed by atoms with Gasteiger partial charge in [-0.15, -0.1) is 11.3 Å². The maximum atomic E-state index is 12.3. The maximum absolute atomic E-state index is 12.3. The van der Waals surface area contributed by atoms with Gasteiger partial charge < -0.3 is 5.32 Å². The predicted molar refractivity (Wildman–Crippen MR) is 79.1 cm³/mol. The highest BCUT2D eigenvalue weighted by atomic mass is 32.2. The van der Waals surface area contributed by atoms with E-state index >= 15 is 0 Å². The molecule has 0 radical (unpaired) electrons. The van der Waals surface area contributed by atoms with Crippen LogP contribution in [0.3, 0.4) is 0 Å². The summed E-state index contributed by atoms with van der Waals surface area (Å²) < 4.78 is 24.6. The van der Waals surface area contributed by atoms with Crippen LogP contribution in [0, 0.1) is 0 Å². The molecule has 1 heterocycles. The summed E-state index contributed by atoms with van der Waals surface area (Å²) in [6.07, 6.45) is 0. The lowest BCUT2D eigenvalue weighted by atomic mass is 10.4. The van der Waals surface area contributed by atoms with Crippen LogP contribution in [0.1, 0.15) is 11.8 Å². The Morgan fingerprint density at radius 3 is 2.53 bits per heavy atom. The Labute approximate surface area is 118 Å². The minimum Gasteiger partial charge on any atom is -0.311 e. The first kappa shape index (κ1) is 14.2. The van der Waals surface area contributed by atoms with Crippen LogP contribution >= 0.6 is 11.3 Å². The second-order valence-corrected chi connectivity index (χ2v) is 7.78. The van der Waals surface area contributed by atoms with E-state index in [-0.39, 0.29) is 0 Å². The molecule has 0 spiro atoms. The zero-order valence-electron chi connectivity index (χ0n) is 10.7. The molecule has 0 fully saturated rings. The second kappa shape index (κ2) is 6.32. The molecule has 0 aliphatic heterocycles. The van der Waals surface area contributed by atoms with Crippen LogP contribution in [-0.2, 0) is 16.4 Å². The first-order valence-corrected chi connectivity index (χ1v) is 8.55. The van der Waals surface area contributed by atoms with Gasteiger partial charge in [-0.25, -0.2) is 8.42 Å². The van der Waals surface area contributed by atoms with Crippen LogP contribution in [0.4, 0.5) is 0 Å². The molecule has 0 aliphatic rings. The number of hydrogen-bond acceptors (Lipinski definition) is 4. The summed E-state index contributed by atoms with van der Waals surface area (Å²) in [7, 11) is -3.24. The normalized spacial score (nSPS) is 13.3.